The van der Waals surface area contributed by atoms with Crippen molar-refractivity contribution in [2.45, 2.75) is 11.4 Å². The summed E-state index contributed by atoms with van der Waals surface area (Å²) in [6, 6.07) is 22.5. The van der Waals surface area contributed by atoms with E-state index in [-0.39, 0.29) is 36.3 Å². The molecule has 0 aliphatic carbocycles. The number of carbonyl (C=O) groups excluding carboxylic acids is 1. The average molecular weight is 477 g/mol. The van der Waals surface area contributed by atoms with E-state index in [0.29, 0.717) is 23.5 Å². The van der Waals surface area contributed by atoms with Crippen LogP contribution >= 0.6 is 0 Å². The Morgan fingerprint density at radius 1 is 0.912 bits per heavy atom. The van der Waals surface area contributed by atoms with Gasteiger partial charge in [0.1, 0.15) is 5.84 Å². The van der Waals surface area contributed by atoms with Gasteiger partial charge < -0.3 is 10.6 Å². The van der Waals surface area contributed by atoms with Crippen LogP contribution < -0.4 is 5.73 Å². The molecule has 1 amide bonds. The number of nitrogen functional groups attached to an aromatic ring is 1. The number of nitrogens with zero attached hydrogens (tertiary/aromatic N) is 4. The van der Waals surface area contributed by atoms with E-state index in [1.807, 2.05) is 36.4 Å². The van der Waals surface area contributed by atoms with Crippen molar-refractivity contribution in [1.29, 1.82) is 5.41 Å². The molecule has 1 fully saturated rings. The van der Waals surface area contributed by atoms with Crippen molar-refractivity contribution in [3.8, 4) is 0 Å². The average Bonchev–Trinajstić information content (AvgIpc) is 2.85. The first-order valence-corrected chi connectivity index (χ1v) is 12.0. The normalized spacial score (nSPS) is 15.1. The van der Waals surface area contributed by atoms with Crippen LogP contribution in [0.3, 0.4) is 0 Å². The number of hydrogen-bond acceptors (Lipinski definition) is 6. The van der Waals surface area contributed by atoms with Gasteiger partial charge in [0, 0.05) is 25.2 Å². The molecule has 9 nitrogen and oxygen atoms in total. The number of nitrogens with two attached hydrogens (primary N) is 1. The molecule has 0 unspecified atom stereocenters. The second kappa shape index (κ2) is 9.94. The molecule has 1 aliphatic heterocycles. The van der Waals surface area contributed by atoms with Gasteiger partial charge in [0.15, 0.2) is 0 Å². The second-order valence-corrected chi connectivity index (χ2v) is 9.74. The summed E-state index contributed by atoms with van der Waals surface area (Å²) >= 11 is 0. The molecule has 3 N–H and O–H groups in total. The topological polar surface area (TPSA) is 132 Å². The van der Waals surface area contributed by atoms with Gasteiger partial charge in [-0.25, -0.2) is 8.42 Å². The Kier molecular flexibility index (Phi) is 6.80. The zero-order valence-electron chi connectivity index (χ0n) is 18.3. The van der Waals surface area contributed by atoms with E-state index in [9.17, 15) is 13.2 Å². The number of benzene rings is 3. The van der Waals surface area contributed by atoms with Gasteiger partial charge in [-0.15, -0.1) is 0 Å². The van der Waals surface area contributed by atoms with Crippen molar-refractivity contribution in [2.24, 2.45) is 16.0 Å². The minimum atomic E-state index is -3.82. The molecule has 1 aliphatic rings. The Hall–Kier alpha value is -3.89. The monoisotopic (exact) mass is 476 g/mol. The van der Waals surface area contributed by atoms with Gasteiger partial charge in [-0.05, 0) is 48.0 Å². The van der Waals surface area contributed by atoms with E-state index < -0.39 is 10.0 Å². The standard InChI is InChI=1S/C24H24N6O3S/c25-24(26)19-6-4-5-18(15-19)16-29-13-14-30(17-23(29)31)34(32,33)22-11-9-21(10-12-22)28-27-20-7-2-1-3-8-20/h1-12,15H,13-14,16-17H2,(H3,25,26). The highest BCUT2D eigenvalue weighted by molar-refractivity contribution is 7.89. The van der Waals surface area contributed by atoms with Crippen molar-refractivity contribution in [1.82, 2.24) is 9.21 Å². The fraction of sp³-hybridized carbons (Fsp3) is 0.167. The number of piperazine rings is 1. The molecular formula is C24H24N6O3S. The molecule has 0 radical (unpaired) electrons. The van der Waals surface area contributed by atoms with Crippen LogP contribution in [-0.2, 0) is 21.4 Å². The molecule has 0 spiro atoms. The summed E-state index contributed by atoms with van der Waals surface area (Å²) in [5.74, 6) is -0.326. The first-order valence-electron chi connectivity index (χ1n) is 10.6. The third-order valence-electron chi connectivity index (χ3n) is 5.41. The van der Waals surface area contributed by atoms with E-state index in [4.69, 9.17) is 11.1 Å². The minimum absolute atomic E-state index is 0.0448. The predicted octanol–water partition coefficient (Wildman–Crippen LogP) is 3.42. The summed E-state index contributed by atoms with van der Waals surface area (Å²) in [4.78, 5) is 14.4. The molecular weight excluding hydrogens is 452 g/mol. The van der Waals surface area contributed by atoms with Gasteiger partial charge in [-0.2, -0.15) is 14.5 Å². The summed E-state index contributed by atoms with van der Waals surface area (Å²) < 4.78 is 27.3. The molecule has 34 heavy (non-hydrogen) atoms. The Balaban J connectivity index is 1.41. The first kappa shape index (κ1) is 23.3. The molecule has 3 aromatic rings. The van der Waals surface area contributed by atoms with Crippen LogP contribution in [0.15, 0.2) is 94.0 Å². The fourth-order valence-electron chi connectivity index (χ4n) is 3.56. The maximum atomic E-state index is 13.1. The zero-order chi connectivity index (χ0) is 24.1. The lowest BCUT2D eigenvalue weighted by Crippen LogP contribution is -2.51. The van der Waals surface area contributed by atoms with E-state index in [0.717, 1.165) is 5.56 Å². The van der Waals surface area contributed by atoms with Crippen molar-refractivity contribution in [2.75, 3.05) is 19.6 Å². The number of nitrogens with one attached hydrogen (secondary N) is 1. The number of sulfonamides is 1. The Labute approximate surface area is 198 Å². The largest absolute Gasteiger partial charge is 0.384 e. The highest BCUT2D eigenvalue weighted by atomic mass is 32.2. The van der Waals surface area contributed by atoms with Crippen LogP contribution in [0.4, 0.5) is 11.4 Å². The van der Waals surface area contributed by atoms with Crippen LogP contribution in [0.25, 0.3) is 0 Å². The second-order valence-electron chi connectivity index (χ2n) is 7.80. The van der Waals surface area contributed by atoms with E-state index in [2.05, 4.69) is 10.2 Å². The van der Waals surface area contributed by atoms with Gasteiger partial charge in [0.25, 0.3) is 0 Å². The van der Waals surface area contributed by atoms with Crippen molar-refractivity contribution < 1.29 is 13.2 Å². The molecule has 1 saturated heterocycles. The van der Waals surface area contributed by atoms with Gasteiger partial charge in [0.05, 0.1) is 22.8 Å². The molecule has 4 rings (SSSR count). The highest BCUT2D eigenvalue weighted by Crippen LogP contribution is 2.23. The highest BCUT2D eigenvalue weighted by Gasteiger charge is 2.32. The van der Waals surface area contributed by atoms with E-state index in [1.165, 1.54) is 16.4 Å². The fourth-order valence-corrected chi connectivity index (χ4v) is 4.94. The predicted molar refractivity (Wildman–Crippen MR) is 129 cm³/mol. The van der Waals surface area contributed by atoms with Gasteiger partial charge in [-0.1, -0.05) is 36.4 Å². The van der Waals surface area contributed by atoms with Crippen molar-refractivity contribution in [3.05, 3.63) is 90.0 Å². The molecule has 10 heteroatoms. The van der Waals surface area contributed by atoms with Crippen LogP contribution in [0.5, 0.6) is 0 Å². The molecule has 1 heterocycles. The summed E-state index contributed by atoms with van der Waals surface area (Å²) in [5, 5.41) is 15.8. The Bertz CT molecular complexity index is 1320. The number of amides is 1. The number of hydrogen-bond donors (Lipinski definition) is 2. The Morgan fingerprint density at radius 3 is 2.24 bits per heavy atom. The third-order valence-corrected chi connectivity index (χ3v) is 7.27. The van der Waals surface area contributed by atoms with E-state index in [1.54, 1.807) is 35.2 Å². The third kappa shape index (κ3) is 5.36. The number of rotatable bonds is 7. The number of carbonyl (C=O) groups is 1. The van der Waals surface area contributed by atoms with Crippen LogP contribution in [-0.4, -0.2) is 49.0 Å². The number of azo groups is 1. The molecule has 174 valence electrons. The summed E-state index contributed by atoms with van der Waals surface area (Å²) in [7, 11) is -3.82. The van der Waals surface area contributed by atoms with Crippen LogP contribution in [0.2, 0.25) is 0 Å². The number of amidine groups is 1. The molecule has 0 atom stereocenters. The summed E-state index contributed by atoms with van der Waals surface area (Å²) in [6.07, 6.45) is 0. The molecule has 0 saturated carbocycles. The lowest BCUT2D eigenvalue weighted by Gasteiger charge is -2.33. The molecule has 0 bridgehead atoms. The lowest BCUT2D eigenvalue weighted by molar-refractivity contribution is -0.134. The molecule has 3 aromatic carbocycles. The quantitative estimate of drug-likeness (QED) is 0.307. The minimum Gasteiger partial charge on any atom is -0.384 e. The van der Waals surface area contributed by atoms with Gasteiger partial charge in [0.2, 0.25) is 15.9 Å². The summed E-state index contributed by atoms with van der Waals surface area (Å²) in [6.45, 7) is 0.556. The first-order chi connectivity index (χ1) is 16.3. The van der Waals surface area contributed by atoms with Crippen molar-refractivity contribution in [3.63, 3.8) is 0 Å². The van der Waals surface area contributed by atoms with E-state index >= 15 is 0 Å². The van der Waals surface area contributed by atoms with Crippen LogP contribution in [0.1, 0.15) is 11.1 Å². The maximum absolute atomic E-state index is 13.1. The van der Waals surface area contributed by atoms with Crippen molar-refractivity contribution >= 4 is 33.1 Å². The SMILES string of the molecule is N=C(N)c1cccc(CN2CCN(S(=O)(=O)c3ccc(N=Nc4ccccc4)cc3)CC2=O)c1. The van der Waals surface area contributed by atoms with Gasteiger partial charge in [-0.3, -0.25) is 10.2 Å². The zero-order valence-corrected chi connectivity index (χ0v) is 19.1. The lowest BCUT2D eigenvalue weighted by atomic mass is 10.1. The summed E-state index contributed by atoms with van der Waals surface area (Å²) in [5.41, 5.74) is 8.17. The Morgan fingerprint density at radius 2 is 1.59 bits per heavy atom. The molecule has 0 aromatic heterocycles. The maximum Gasteiger partial charge on any atom is 0.243 e. The smallest absolute Gasteiger partial charge is 0.243 e. The van der Waals surface area contributed by atoms with Crippen LogP contribution in [0, 0.1) is 5.41 Å². The van der Waals surface area contributed by atoms with Gasteiger partial charge >= 0.3 is 0 Å².